The van der Waals surface area contributed by atoms with Crippen molar-refractivity contribution in [2.75, 3.05) is 17.7 Å². The van der Waals surface area contributed by atoms with Crippen LogP contribution in [0, 0.1) is 0 Å². The number of anilines is 1. The minimum Gasteiger partial charge on any atom is -0.464 e. The standard InChI is InChI=1S/C21H16N4O4S3/c1-2-28-19(27)17-12(14-7-5-9-29-14)10-30-18(17)22-16(26)11-31-20-23-24-21-25(20)13-6-3-4-8-15(13)32-21/h3-10H,2,11H2,1H3,(H,22,26). The molecule has 0 aliphatic heterocycles. The Morgan fingerprint density at radius 3 is 2.91 bits per heavy atom. The maximum absolute atomic E-state index is 12.7. The number of para-hydroxylation sites is 1. The number of esters is 1. The Kier molecular flexibility index (Phi) is 5.68. The molecule has 4 heterocycles. The largest absolute Gasteiger partial charge is 0.464 e. The number of carbonyl (C=O) groups excluding carboxylic acids is 2. The summed E-state index contributed by atoms with van der Waals surface area (Å²) >= 11 is 4.09. The van der Waals surface area contributed by atoms with E-state index in [9.17, 15) is 9.59 Å². The first-order chi connectivity index (χ1) is 15.7. The number of amides is 1. The van der Waals surface area contributed by atoms with Crippen LogP contribution in [0.15, 0.2) is 57.6 Å². The number of thiazole rings is 1. The van der Waals surface area contributed by atoms with Crippen molar-refractivity contribution in [3.8, 4) is 11.3 Å². The van der Waals surface area contributed by atoms with Crippen molar-refractivity contribution < 1.29 is 18.7 Å². The van der Waals surface area contributed by atoms with Gasteiger partial charge in [0.15, 0.2) is 5.16 Å². The fraction of sp³-hybridized carbons (Fsp3) is 0.143. The Labute approximate surface area is 194 Å². The molecule has 0 saturated heterocycles. The Hall–Kier alpha value is -3.15. The van der Waals surface area contributed by atoms with Crippen molar-refractivity contribution in [2.24, 2.45) is 0 Å². The van der Waals surface area contributed by atoms with Gasteiger partial charge in [-0.2, -0.15) is 0 Å². The van der Waals surface area contributed by atoms with E-state index in [0.29, 0.717) is 27.0 Å². The zero-order valence-corrected chi connectivity index (χ0v) is 19.2. The van der Waals surface area contributed by atoms with Crippen LogP contribution in [0.2, 0.25) is 0 Å². The van der Waals surface area contributed by atoms with Gasteiger partial charge in [0, 0.05) is 10.9 Å². The monoisotopic (exact) mass is 484 g/mol. The van der Waals surface area contributed by atoms with Crippen molar-refractivity contribution in [3.05, 3.63) is 53.6 Å². The summed E-state index contributed by atoms with van der Waals surface area (Å²) in [5, 5.41) is 14.1. The van der Waals surface area contributed by atoms with E-state index >= 15 is 0 Å². The molecule has 11 heteroatoms. The van der Waals surface area contributed by atoms with Crippen LogP contribution in [0.25, 0.3) is 26.5 Å². The van der Waals surface area contributed by atoms with Gasteiger partial charge in [-0.25, -0.2) is 4.79 Å². The van der Waals surface area contributed by atoms with Crippen molar-refractivity contribution >= 4 is 66.5 Å². The first-order valence-corrected chi connectivity index (χ1v) is 12.3. The SMILES string of the molecule is CCOC(=O)c1c(-c2ccco2)csc1NC(=O)CSc1nnc2sc3ccccc3n12. The molecule has 0 atom stereocenters. The van der Waals surface area contributed by atoms with Crippen molar-refractivity contribution in [1.29, 1.82) is 0 Å². The molecule has 1 N–H and O–H groups in total. The molecule has 0 unspecified atom stereocenters. The molecule has 162 valence electrons. The number of carbonyl (C=O) groups is 2. The van der Waals surface area contributed by atoms with E-state index in [-0.39, 0.29) is 18.3 Å². The zero-order chi connectivity index (χ0) is 22.1. The summed E-state index contributed by atoms with van der Waals surface area (Å²) in [5.74, 6) is -0.118. The molecule has 0 aliphatic rings. The van der Waals surface area contributed by atoms with Gasteiger partial charge in [0.1, 0.15) is 16.3 Å². The molecule has 8 nitrogen and oxygen atoms in total. The van der Waals surface area contributed by atoms with Crippen LogP contribution in [-0.2, 0) is 9.53 Å². The van der Waals surface area contributed by atoms with Crippen LogP contribution >= 0.6 is 34.4 Å². The second-order valence-corrected chi connectivity index (χ2v) is 9.39. The van der Waals surface area contributed by atoms with Gasteiger partial charge in [0.2, 0.25) is 10.9 Å². The molecule has 0 fully saturated rings. The quantitative estimate of drug-likeness (QED) is 0.251. The number of hydrogen-bond donors (Lipinski definition) is 1. The molecule has 0 saturated carbocycles. The van der Waals surface area contributed by atoms with Crippen molar-refractivity contribution in [2.45, 2.75) is 12.1 Å². The van der Waals surface area contributed by atoms with Gasteiger partial charge in [0.05, 0.1) is 28.8 Å². The summed E-state index contributed by atoms with van der Waals surface area (Å²) < 4.78 is 13.7. The molecule has 0 aliphatic carbocycles. The lowest BCUT2D eigenvalue weighted by molar-refractivity contribution is -0.113. The van der Waals surface area contributed by atoms with Gasteiger partial charge in [-0.3, -0.25) is 9.20 Å². The highest BCUT2D eigenvalue weighted by molar-refractivity contribution is 7.99. The minimum atomic E-state index is -0.507. The van der Waals surface area contributed by atoms with Crippen molar-refractivity contribution in [1.82, 2.24) is 14.6 Å². The maximum Gasteiger partial charge on any atom is 0.341 e. The lowest BCUT2D eigenvalue weighted by Gasteiger charge is -2.07. The van der Waals surface area contributed by atoms with E-state index in [1.165, 1.54) is 29.4 Å². The highest BCUT2D eigenvalue weighted by Crippen LogP contribution is 2.37. The van der Waals surface area contributed by atoms with Crippen LogP contribution in [0.5, 0.6) is 0 Å². The van der Waals surface area contributed by atoms with Gasteiger partial charge < -0.3 is 14.5 Å². The Balaban J connectivity index is 1.36. The van der Waals surface area contributed by atoms with E-state index in [4.69, 9.17) is 9.15 Å². The molecule has 32 heavy (non-hydrogen) atoms. The second-order valence-electron chi connectivity index (χ2n) is 6.56. The second kappa shape index (κ2) is 8.77. The molecule has 5 rings (SSSR count). The number of ether oxygens (including phenoxy) is 1. The average Bonchev–Trinajstić information content (AvgIpc) is 3.56. The third-order valence-electron chi connectivity index (χ3n) is 4.55. The Morgan fingerprint density at radius 2 is 2.09 bits per heavy atom. The molecule has 0 radical (unpaired) electrons. The molecule has 1 amide bonds. The van der Waals surface area contributed by atoms with E-state index in [1.54, 1.807) is 35.8 Å². The summed E-state index contributed by atoms with van der Waals surface area (Å²) in [5.41, 5.74) is 1.88. The number of aromatic nitrogens is 3. The number of furan rings is 1. The van der Waals surface area contributed by atoms with Crippen LogP contribution < -0.4 is 5.32 Å². The number of nitrogens with zero attached hydrogens (tertiary/aromatic N) is 3. The summed E-state index contributed by atoms with van der Waals surface area (Å²) in [6.07, 6.45) is 1.53. The molecular weight excluding hydrogens is 468 g/mol. The molecule has 4 aromatic heterocycles. The number of benzene rings is 1. The third kappa shape index (κ3) is 3.78. The van der Waals surface area contributed by atoms with E-state index < -0.39 is 5.97 Å². The van der Waals surface area contributed by atoms with Gasteiger partial charge in [-0.05, 0) is 31.2 Å². The van der Waals surface area contributed by atoms with Crippen LogP contribution in [0.4, 0.5) is 5.00 Å². The van der Waals surface area contributed by atoms with Gasteiger partial charge >= 0.3 is 5.97 Å². The number of nitrogens with one attached hydrogen (secondary N) is 1. The number of fused-ring (bicyclic) bond motifs is 3. The highest BCUT2D eigenvalue weighted by atomic mass is 32.2. The fourth-order valence-corrected chi connectivity index (χ4v) is 5.93. The molecule has 5 aromatic rings. The maximum atomic E-state index is 12.7. The summed E-state index contributed by atoms with van der Waals surface area (Å²) in [6, 6.07) is 11.5. The lowest BCUT2D eigenvalue weighted by Crippen LogP contribution is -2.16. The number of hydrogen-bond acceptors (Lipinski definition) is 9. The first kappa shape index (κ1) is 20.7. The summed E-state index contributed by atoms with van der Waals surface area (Å²) in [4.78, 5) is 26.1. The van der Waals surface area contributed by atoms with E-state index in [0.717, 1.165) is 15.2 Å². The summed E-state index contributed by atoms with van der Waals surface area (Å²) in [7, 11) is 0. The van der Waals surface area contributed by atoms with E-state index in [1.807, 2.05) is 28.7 Å². The summed E-state index contributed by atoms with van der Waals surface area (Å²) in [6.45, 7) is 1.96. The first-order valence-electron chi connectivity index (χ1n) is 9.63. The fourth-order valence-electron chi connectivity index (χ4n) is 3.21. The van der Waals surface area contributed by atoms with Gasteiger partial charge in [0.25, 0.3) is 0 Å². The predicted molar refractivity (Wildman–Crippen MR) is 126 cm³/mol. The molecule has 1 aromatic carbocycles. The molecular formula is C21H16N4O4S3. The number of thioether (sulfide) groups is 1. The topological polar surface area (TPSA) is 98.7 Å². The predicted octanol–water partition coefficient (Wildman–Crippen LogP) is 5.17. The van der Waals surface area contributed by atoms with Gasteiger partial charge in [-0.1, -0.05) is 35.2 Å². The average molecular weight is 485 g/mol. The minimum absolute atomic E-state index is 0.112. The number of rotatable bonds is 7. The van der Waals surface area contributed by atoms with Gasteiger partial charge in [-0.15, -0.1) is 21.5 Å². The normalized spacial score (nSPS) is 11.3. The zero-order valence-electron chi connectivity index (χ0n) is 16.7. The van der Waals surface area contributed by atoms with E-state index in [2.05, 4.69) is 15.5 Å². The number of thiophene rings is 1. The van der Waals surface area contributed by atoms with Crippen molar-refractivity contribution in [3.63, 3.8) is 0 Å². The van der Waals surface area contributed by atoms with Crippen LogP contribution in [0.3, 0.4) is 0 Å². The molecule has 0 spiro atoms. The van der Waals surface area contributed by atoms with Crippen LogP contribution in [-0.4, -0.2) is 38.8 Å². The smallest absolute Gasteiger partial charge is 0.341 e. The Bertz CT molecular complexity index is 1420. The third-order valence-corrected chi connectivity index (χ3v) is 7.39. The Morgan fingerprint density at radius 1 is 1.22 bits per heavy atom. The van der Waals surface area contributed by atoms with Crippen LogP contribution in [0.1, 0.15) is 17.3 Å². The lowest BCUT2D eigenvalue weighted by atomic mass is 10.1. The highest BCUT2D eigenvalue weighted by Gasteiger charge is 2.24. The molecule has 0 bridgehead atoms.